The lowest BCUT2D eigenvalue weighted by Crippen LogP contribution is -2.26. The van der Waals surface area contributed by atoms with Crippen LogP contribution in [0.3, 0.4) is 0 Å². The number of nitro groups is 1. The van der Waals surface area contributed by atoms with Gasteiger partial charge in [0.1, 0.15) is 0 Å². The fourth-order valence-corrected chi connectivity index (χ4v) is 2.78. The summed E-state index contributed by atoms with van der Waals surface area (Å²) >= 11 is 0. The van der Waals surface area contributed by atoms with Crippen molar-refractivity contribution in [1.82, 2.24) is 5.32 Å². The molecule has 0 unspecified atom stereocenters. The van der Waals surface area contributed by atoms with E-state index in [9.17, 15) is 10.1 Å². The Bertz CT molecular complexity index is 426. The van der Waals surface area contributed by atoms with Gasteiger partial charge >= 0.3 is 0 Å². The summed E-state index contributed by atoms with van der Waals surface area (Å²) in [6.45, 7) is 3.87. The number of hydrogen-bond donors (Lipinski definition) is 1. The first-order valence-electron chi connectivity index (χ1n) is 7.10. The molecule has 0 spiro atoms. The lowest BCUT2D eigenvalue weighted by Gasteiger charge is -2.26. The highest BCUT2D eigenvalue weighted by molar-refractivity contribution is 5.39. The highest BCUT2D eigenvalue weighted by Gasteiger charge is 2.18. The van der Waals surface area contributed by atoms with E-state index in [1.165, 1.54) is 25.7 Å². The minimum Gasteiger partial charge on any atom is -0.312 e. The van der Waals surface area contributed by atoms with Crippen LogP contribution in [0, 0.1) is 22.0 Å². The minimum absolute atomic E-state index is 0.215. The Morgan fingerprint density at radius 3 is 2.63 bits per heavy atom. The van der Waals surface area contributed by atoms with Crippen molar-refractivity contribution < 1.29 is 4.92 Å². The van der Waals surface area contributed by atoms with Crippen molar-refractivity contribution in [2.24, 2.45) is 11.8 Å². The van der Waals surface area contributed by atoms with Crippen LogP contribution in [0.1, 0.15) is 38.2 Å². The maximum absolute atomic E-state index is 10.9. The predicted molar refractivity (Wildman–Crippen MR) is 75.9 cm³/mol. The molecule has 1 aliphatic carbocycles. The number of nitro benzene ring substituents is 1. The van der Waals surface area contributed by atoms with E-state index in [0.717, 1.165) is 23.9 Å². The summed E-state index contributed by atoms with van der Waals surface area (Å²) in [5.41, 5.74) is 0.990. The van der Waals surface area contributed by atoms with Crippen molar-refractivity contribution in [1.29, 1.82) is 0 Å². The van der Waals surface area contributed by atoms with Crippen LogP contribution in [0.5, 0.6) is 0 Å². The topological polar surface area (TPSA) is 55.2 Å². The van der Waals surface area contributed by atoms with E-state index >= 15 is 0 Å². The number of nitrogens with one attached hydrogen (secondary N) is 1. The maximum Gasteiger partial charge on any atom is 0.273 e. The molecule has 0 heterocycles. The van der Waals surface area contributed by atoms with Crippen molar-refractivity contribution >= 4 is 5.69 Å². The summed E-state index contributed by atoms with van der Waals surface area (Å²) in [4.78, 5) is 10.6. The Kier molecular flexibility index (Phi) is 4.91. The Balaban J connectivity index is 1.81. The van der Waals surface area contributed by atoms with Crippen molar-refractivity contribution in [2.75, 3.05) is 6.54 Å². The van der Waals surface area contributed by atoms with Gasteiger partial charge in [0.05, 0.1) is 4.92 Å². The molecule has 4 nitrogen and oxygen atoms in total. The summed E-state index contributed by atoms with van der Waals surface area (Å²) in [7, 11) is 0. The molecule has 0 bridgehead atoms. The van der Waals surface area contributed by atoms with Crippen molar-refractivity contribution in [3.63, 3.8) is 0 Å². The molecule has 1 aromatic rings. The van der Waals surface area contributed by atoms with Crippen LogP contribution in [0.2, 0.25) is 0 Å². The van der Waals surface area contributed by atoms with Gasteiger partial charge in [-0.05, 0) is 31.2 Å². The molecule has 4 heteroatoms. The maximum atomic E-state index is 10.9. The molecule has 0 aliphatic heterocycles. The summed E-state index contributed by atoms with van der Waals surface area (Å²) in [6, 6.07) is 6.96. The van der Waals surface area contributed by atoms with Gasteiger partial charge in [0, 0.05) is 18.2 Å². The summed E-state index contributed by atoms with van der Waals surface area (Å²) in [5.74, 6) is 1.60. The van der Waals surface area contributed by atoms with E-state index in [1.54, 1.807) is 12.1 Å². The van der Waals surface area contributed by atoms with Gasteiger partial charge in [-0.2, -0.15) is 0 Å². The monoisotopic (exact) mass is 262 g/mol. The van der Waals surface area contributed by atoms with E-state index in [-0.39, 0.29) is 10.6 Å². The molecule has 1 N–H and O–H groups in total. The normalized spacial score (nSPS) is 23.2. The van der Waals surface area contributed by atoms with Crippen LogP contribution >= 0.6 is 0 Å². The van der Waals surface area contributed by atoms with Gasteiger partial charge in [-0.15, -0.1) is 0 Å². The van der Waals surface area contributed by atoms with E-state index in [0.29, 0.717) is 6.54 Å². The lowest BCUT2D eigenvalue weighted by molar-refractivity contribution is -0.385. The molecular formula is C15H22N2O2. The summed E-state index contributed by atoms with van der Waals surface area (Å²) in [6.07, 6.45) is 5.20. The van der Waals surface area contributed by atoms with Crippen LogP contribution in [-0.2, 0) is 6.54 Å². The SMILES string of the molecule is CC1CCC(CNCc2ccccc2[N+](=O)[O-])CC1. The minimum atomic E-state index is -0.306. The van der Waals surface area contributed by atoms with Crippen LogP contribution in [0.25, 0.3) is 0 Å². The largest absolute Gasteiger partial charge is 0.312 e. The fraction of sp³-hybridized carbons (Fsp3) is 0.600. The van der Waals surface area contributed by atoms with Crippen molar-refractivity contribution in [2.45, 2.75) is 39.2 Å². The molecule has 104 valence electrons. The molecular weight excluding hydrogens is 240 g/mol. The van der Waals surface area contributed by atoms with Crippen LogP contribution in [-0.4, -0.2) is 11.5 Å². The molecule has 0 radical (unpaired) electrons. The van der Waals surface area contributed by atoms with Crippen LogP contribution < -0.4 is 5.32 Å². The molecule has 19 heavy (non-hydrogen) atoms. The standard InChI is InChI=1S/C15H22N2O2/c1-12-6-8-13(9-7-12)10-16-11-14-4-2-3-5-15(14)17(18)19/h2-5,12-13,16H,6-11H2,1H3. The molecule has 2 rings (SSSR count). The summed E-state index contributed by atoms with van der Waals surface area (Å²) < 4.78 is 0. The van der Waals surface area contributed by atoms with Gasteiger partial charge in [-0.3, -0.25) is 10.1 Å². The predicted octanol–water partition coefficient (Wildman–Crippen LogP) is 3.51. The molecule has 0 saturated heterocycles. The third-order valence-corrected chi connectivity index (χ3v) is 4.07. The van der Waals surface area contributed by atoms with Gasteiger partial charge in [0.2, 0.25) is 0 Å². The first-order chi connectivity index (χ1) is 9.16. The third kappa shape index (κ3) is 4.03. The smallest absolute Gasteiger partial charge is 0.273 e. The highest BCUT2D eigenvalue weighted by Crippen LogP contribution is 2.27. The molecule has 0 atom stereocenters. The molecule has 0 amide bonds. The molecule has 1 fully saturated rings. The van der Waals surface area contributed by atoms with Crippen LogP contribution in [0.15, 0.2) is 24.3 Å². The second-order valence-corrected chi connectivity index (χ2v) is 5.64. The number of nitrogens with zero attached hydrogens (tertiary/aromatic N) is 1. The third-order valence-electron chi connectivity index (χ3n) is 4.07. The first-order valence-corrected chi connectivity index (χ1v) is 7.10. The van der Waals surface area contributed by atoms with E-state index < -0.39 is 0 Å². The molecule has 1 saturated carbocycles. The fourth-order valence-electron chi connectivity index (χ4n) is 2.78. The van der Waals surface area contributed by atoms with Gasteiger partial charge in [-0.25, -0.2) is 0 Å². The van der Waals surface area contributed by atoms with Gasteiger partial charge < -0.3 is 5.32 Å². The number of hydrogen-bond acceptors (Lipinski definition) is 3. The van der Waals surface area contributed by atoms with Crippen molar-refractivity contribution in [3.8, 4) is 0 Å². The quantitative estimate of drug-likeness (QED) is 0.652. The second kappa shape index (κ2) is 6.66. The van der Waals surface area contributed by atoms with E-state index in [4.69, 9.17) is 0 Å². The van der Waals surface area contributed by atoms with Crippen molar-refractivity contribution in [3.05, 3.63) is 39.9 Å². The Labute approximate surface area is 114 Å². The zero-order chi connectivity index (χ0) is 13.7. The zero-order valence-electron chi connectivity index (χ0n) is 11.5. The number of benzene rings is 1. The van der Waals surface area contributed by atoms with Gasteiger partial charge in [0.25, 0.3) is 5.69 Å². The van der Waals surface area contributed by atoms with Crippen LogP contribution in [0.4, 0.5) is 5.69 Å². The Hall–Kier alpha value is -1.42. The molecule has 1 aromatic carbocycles. The molecule has 0 aromatic heterocycles. The number of rotatable bonds is 5. The Morgan fingerprint density at radius 2 is 1.95 bits per heavy atom. The zero-order valence-corrected chi connectivity index (χ0v) is 11.5. The van der Waals surface area contributed by atoms with E-state index in [2.05, 4.69) is 12.2 Å². The molecule has 1 aliphatic rings. The van der Waals surface area contributed by atoms with E-state index in [1.807, 2.05) is 12.1 Å². The number of para-hydroxylation sites is 1. The van der Waals surface area contributed by atoms with Gasteiger partial charge in [0.15, 0.2) is 0 Å². The Morgan fingerprint density at radius 1 is 1.26 bits per heavy atom. The lowest BCUT2D eigenvalue weighted by atomic mass is 9.83. The second-order valence-electron chi connectivity index (χ2n) is 5.64. The van der Waals surface area contributed by atoms with Gasteiger partial charge in [-0.1, -0.05) is 38.0 Å². The average molecular weight is 262 g/mol. The average Bonchev–Trinajstić information content (AvgIpc) is 2.41. The first kappa shape index (κ1) is 14.0. The summed E-state index contributed by atoms with van der Waals surface area (Å²) in [5, 5.41) is 14.3. The highest BCUT2D eigenvalue weighted by atomic mass is 16.6.